The lowest BCUT2D eigenvalue weighted by Gasteiger charge is -2.19. The van der Waals surface area contributed by atoms with Gasteiger partial charge in [0, 0.05) is 18.6 Å². The van der Waals surface area contributed by atoms with E-state index in [1.54, 1.807) is 17.4 Å². The van der Waals surface area contributed by atoms with Crippen LogP contribution in [0.5, 0.6) is 0 Å². The van der Waals surface area contributed by atoms with E-state index in [-0.39, 0.29) is 11.4 Å². The maximum atomic E-state index is 12.8. The summed E-state index contributed by atoms with van der Waals surface area (Å²) in [6.07, 6.45) is 13.9. The molecular weight excluding hydrogens is 404 g/mol. The molecule has 0 aromatic rings. The second-order valence-electron chi connectivity index (χ2n) is 6.47. The highest BCUT2D eigenvalue weighted by Crippen LogP contribution is 2.41. The Balaban J connectivity index is 0.00000176. The highest BCUT2D eigenvalue weighted by molar-refractivity contribution is 9.11. The predicted molar refractivity (Wildman–Crippen MR) is 119 cm³/mol. The quantitative estimate of drug-likeness (QED) is 0.498. The highest BCUT2D eigenvalue weighted by Gasteiger charge is 2.46. The summed E-state index contributed by atoms with van der Waals surface area (Å²) >= 11 is 3.51. The number of carbonyl (C=O) groups is 1. The number of carbonyl (C=O) groups excluding carboxylic acids is 1. The van der Waals surface area contributed by atoms with E-state index in [2.05, 4.69) is 44.3 Å². The summed E-state index contributed by atoms with van der Waals surface area (Å²) in [7, 11) is 3.70. The molecule has 6 heteroatoms. The molecule has 0 saturated heterocycles. The van der Waals surface area contributed by atoms with E-state index in [0.29, 0.717) is 5.70 Å². The van der Waals surface area contributed by atoms with E-state index < -0.39 is 0 Å². The van der Waals surface area contributed by atoms with Crippen molar-refractivity contribution in [2.24, 2.45) is 5.10 Å². The number of hydrazone groups is 1. The number of hydrogen-bond acceptors (Lipinski definition) is 4. The first-order valence-electron chi connectivity index (χ1n) is 9.23. The summed E-state index contributed by atoms with van der Waals surface area (Å²) in [4.78, 5) is 12.8. The first-order chi connectivity index (χ1) is 12.8. The van der Waals surface area contributed by atoms with Crippen molar-refractivity contribution in [1.82, 2.24) is 15.6 Å². The van der Waals surface area contributed by atoms with E-state index in [0.717, 1.165) is 34.9 Å². The van der Waals surface area contributed by atoms with Crippen molar-refractivity contribution in [2.45, 2.75) is 45.6 Å². The number of nitrogens with one attached hydrogen (secondary N) is 2. The molecule has 1 aliphatic carbocycles. The number of hydrogen-bond donors (Lipinski definition) is 2. The van der Waals surface area contributed by atoms with Gasteiger partial charge in [0.05, 0.1) is 11.8 Å². The molecule has 1 aliphatic heterocycles. The zero-order chi connectivity index (χ0) is 20.4. The first-order valence-corrected chi connectivity index (χ1v) is 10.0. The van der Waals surface area contributed by atoms with E-state index in [9.17, 15) is 4.79 Å². The lowest BCUT2D eigenvalue weighted by atomic mass is 10.1. The zero-order valence-electron chi connectivity index (χ0n) is 17.0. The second kappa shape index (κ2) is 10.9. The first kappa shape index (κ1) is 23.0. The molecule has 0 atom stereocenters. The number of allylic oxidation sites excluding steroid dienone is 6. The molecule has 1 saturated carbocycles. The molecule has 1 heterocycles. The third kappa shape index (κ3) is 7.59. The van der Waals surface area contributed by atoms with Crippen LogP contribution in [0.3, 0.4) is 0 Å². The fraction of sp³-hybridized carbons (Fsp3) is 0.429. The maximum Gasteiger partial charge on any atom is 0.268 e. The molecule has 2 aliphatic rings. The number of amides is 1. The highest BCUT2D eigenvalue weighted by atomic mass is 79.9. The Morgan fingerprint density at radius 1 is 1.37 bits per heavy atom. The van der Waals surface area contributed by atoms with E-state index >= 15 is 0 Å². The molecule has 0 aromatic carbocycles. The van der Waals surface area contributed by atoms with Gasteiger partial charge in [0.1, 0.15) is 5.70 Å². The summed E-state index contributed by atoms with van der Waals surface area (Å²) in [5.41, 5.74) is 1.93. The lowest BCUT2D eigenvalue weighted by Crippen LogP contribution is -2.41. The standard InChI is InChI=1S/C19H25BrN4O.C2H6/c1-14-11-16(20)7-5-6-10-21-17(12-14)18(25)23-19(8-9-19)15(2)13-22-24(3)4;1-2/h6-7,10-13,21H,2,5,8-9H2,1,3-4H3,(H,23,25);1-2H3/b10-6+,14-11+,16-7?,17-12-,22-13-;. The fourth-order valence-electron chi connectivity index (χ4n) is 2.36. The van der Waals surface area contributed by atoms with Gasteiger partial charge in [-0.3, -0.25) is 4.79 Å². The molecule has 0 aromatic heterocycles. The van der Waals surface area contributed by atoms with Crippen molar-refractivity contribution < 1.29 is 4.79 Å². The van der Waals surface area contributed by atoms with Crippen molar-refractivity contribution in [1.29, 1.82) is 0 Å². The van der Waals surface area contributed by atoms with Gasteiger partial charge in [-0.1, -0.05) is 48.5 Å². The Kier molecular flexibility index (Phi) is 9.29. The van der Waals surface area contributed by atoms with Gasteiger partial charge in [-0.15, -0.1) is 0 Å². The van der Waals surface area contributed by atoms with Crippen LogP contribution in [-0.4, -0.2) is 36.8 Å². The van der Waals surface area contributed by atoms with Crippen molar-refractivity contribution in [3.63, 3.8) is 0 Å². The minimum atomic E-state index is -0.379. The normalized spacial score (nSPS) is 23.1. The topological polar surface area (TPSA) is 56.7 Å². The van der Waals surface area contributed by atoms with Crippen LogP contribution in [0.25, 0.3) is 0 Å². The molecule has 27 heavy (non-hydrogen) atoms. The summed E-state index contributed by atoms with van der Waals surface area (Å²) in [5, 5.41) is 12.1. The van der Waals surface area contributed by atoms with Gasteiger partial charge < -0.3 is 15.6 Å². The van der Waals surface area contributed by atoms with Crippen molar-refractivity contribution in [3.05, 3.63) is 58.4 Å². The molecular formula is C21H31BrN4O. The molecule has 0 radical (unpaired) electrons. The number of halogens is 1. The van der Waals surface area contributed by atoms with Crippen LogP contribution in [0, 0.1) is 0 Å². The molecule has 1 fully saturated rings. The molecule has 0 unspecified atom stereocenters. The van der Waals surface area contributed by atoms with Crippen LogP contribution < -0.4 is 10.6 Å². The molecule has 2 rings (SSSR count). The lowest BCUT2D eigenvalue weighted by molar-refractivity contribution is -0.118. The molecule has 1 amide bonds. The fourth-order valence-corrected chi connectivity index (χ4v) is 2.91. The Bertz CT molecular complexity index is 695. The monoisotopic (exact) mass is 434 g/mol. The minimum Gasteiger partial charge on any atom is -0.358 e. The minimum absolute atomic E-state index is 0.144. The predicted octanol–water partition coefficient (Wildman–Crippen LogP) is 4.38. The largest absolute Gasteiger partial charge is 0.358 e. The molecule has 148 valence electrons. The summed E-state index contributed by atoms with van der Waals surface area (Å²) in [5.74, 6) is -0.144. The SMILES string of the molecule is C=C(/C=N\N(C)C)C1(NC(=O)/C2=C/C(C)=C/C(Br)=CC/C=C/N2)CC1.CC. The number of rotatable bonds is 5. The average Bonchev–Trinajstić information content (AvgIpc) is 3.40. The van der Waals surface area contributed by atoms with Gasteiger partial charge in [-0.05, 0) is 55.7 Å². The van der Waals surface area contributed by atoms with Crippen LogP contribution in [-0.2, 0) is 4.79 Å². The smallest absolute Gasteiger partial charge is 0.268 e. The van der Waals surface area contributed by atoms with Gasteiger partial charge in [-0.25, -0.2) is 0 Å². The van der Waals surface area contributed by atoms with Crippen LogP contribution in [0.15, 0.2) is 63.5 Å². The van der Waals surface area contributed by atoms with Crippen LogP contribution >= 0.6 is 15.9 Å². The van der Waals surface area contributed by atoms with Gasteiger partial charge >= 0.3 is 0 Å². The molecule has 2 N–H and O–H groups in total. The summed E-state index contributed by atoms with van der Waals surface area (Å²) in [6.45, 7) is 10.0. The van der Waals surface area contributed by atoms with E-state index in [1.807, 2.05) is 53.1 Å². The van der Waals surface area contributed by atoms with Crippen LogP contribution in [0.1, 0.15) is 40.0 Å². The van der Waals surface area contributed by atoms with Crippen molar-refractivity contribution in [2.75, 3.05) is 14.1 Å². The molecule has 0 bridgehead atoms. The second-order valence-corrected chi connectivity index (χ2v) is 7.39. The van der Waals surface area contributed by atoms with Gasteiger partial charge in [-0.2, -0.15) is 5.10 Å². The van der Waals surface area contributed by atoms with Gasteiger partial charge in [0.15, 0.2) is 0 Å². The van der Waals surface area contributed by atoms with E-state index in [4.69, 9.17) is 0 Å². The third-order valence-electron chi connectivity index (χ3n) is 3.95. The Morgan fingerprint density at radius 2 is 2.04 bits per heavy atom. The Labute approximate surface area is 171 Å². The van der Waals surface area contributed by atoms with Gasteiger partial charge in [0.25, 0.3) is 5.91 Å². The Morgan fingerprint density at radius 3 is 2.63 bits per heavy atom. The van der Waals surface area contributed by atoms with Crippen LogP contribution in [0.2, 0.25) is 0 Å². The van der Waals surface area contributed by atoms with Gasteiger partial charge in [0.2, 0.25) is 0 Å². The number of nitrogens with zero attached hydrogens (tertiary/aromatic N) is 2. The van der Waals surface area contributed by atoms with E-state index in [1.165, 1.54) is 0 Å². The third-order valence-corrected chi connectivity index (χ3v) is 4.50. The zero-order valence-corrected chi connectivity index (χ0v) is 18.6. The molecule has 0 spiro atoms. The summed E-state index contributed by atoms with van der Waals surface area (Å²) < 4.78 is 1.000. The van der Waals surface area contributed by atoms with Crippen molar-refractivity contribution in [3.8, 4) is 0 Å². The van der Waals surface area contributed by atoms with Crippen molar-refractivity contribution >= 4 is 28.1 Å². The molecule has 5 nitrogen and oxygen atoms in total. The average molecular weight is 435 g/mol. The Hall–Kier alpha value is -2.08. The van der Waals surface area contributed by atoms with Crippen LogP contribution in [0.4, 0.5) is 0 Å². The maximum absolute atomic E-state index is 12.8. The summed E-state index contributed by atoms with van der Waals surface area (Å²) in [6, 6.07) is 0.